The Morgan fingerprint density at radius 1 is 1.17 bits per heavy atom. The molecular weight excluding hydrogens is 228 g/mol. The summed E-state index contributed by atoms with van der Waals surface area (Å²) in [7, 11) is 3.23. The van der Waals surface area contributed by atoms with Gasteiger partial charge in [0.05, 0.1) is 20.3 Å². The maximum atomic E-state index is 10.3. The van der Waals surface area contributed by atoms with E-state index in [-0.39, 0.29) is 0 Å². The van der Waals surface area contributed by atoms with Gasteiger partial charge in [0.2, 0.25) is 0 Å². The fourth-order valence-electron chi connectivity index (χ4n) is 2.76. The number of ether oxygens (including phenoxy) is 2. The van der Waals surface area contributed by atoms with E-state index < -0.39 is 6.10 Å². The molecule has 1 aliphatic carbocycles. The summed E-state index contributed by atoms with van der Waals surface area (Å²) in [5.74, 6) is 2.06. The van der Waals surface area contributed by atoms with E-state index in [4.69, 9.17) is 9.47 Å². The van der Waals surface area contributed by atoms with E-state index in [2.05, 4.69) is 0 Å². The summed E-state index contributed by atoms with van der Waals surface area (Å²) in [6.45, 7) is 0. The molecule has 1 saturated carbocycles. The number of hydrogen-bond acceptors (Lipinski definition) is 3. The minimum absolute atomic E-state index is 0.395. The molecule has 2 rings (SSSR count). The first kappa shape index (κ1) is 13.2. The van der Waals surface area contributed by atoms with Crippen LogP contribution in [-0.2, 0) is 0 Å². The molecule has 3 heteroatoms. The molecule has 100 valence electrons. The van der Waals surface area contributed by atoms with Gasteiger partial charge in [0, 0.05) is 0 Å². The molecule has 18 heavy (non-hydrogen) atoms. The second kappa shape index (κ2) is 6.10. The monoisotopic (exact) mass is 250 g/mol. The van der Waals surface area contributed by atoms with Gasteiger partial charge in [-0.3, -0.25) is 0 Å². The Balaban J connectivity index is 2.06. The number of rotatable bonds is 5. The average molecular weight is 250 g/mol. The smallest absolute Gasteiger partial charge is 0.161 e. The summed E-state index contributed by atoms with van der Waals surface area (Å²) in [5, 5.41) is 10.3. The Morgan fingerprint density at radius 3 is 2.44 bits per heavy atom. The van der Waals surface area contributed by atoms with Crippen LogP contribution in [0.5, 0.6) is 11.5 Å². The lowest BCUT2D eigenvalue weighted by Crippen LogP contribution is -2.05. The fraction of sp³-hybridized carbons (Fsp3) is 0.600. The lowest BCUT2D eigenvalue weighted by molar-refractivity contribution is 0.144. The highest BCUT2D eigenvalue weighted by molar-refractivity contribution is 5.43. The van der Waals surface area contributed by atoms with Crippen molar-refractivity contribution in [2.45, 2.75) is 38.2 Å². The highest BCUT2D eigenvalue weighted by Gasteiger charge is 2.20. The summed E-state index contributed by atoms with van der Waals surface area (Å²) in [5.41, 5.74) is 0.916. The molecule has 1 aliphatic rings. The molecule has 1 N–H and O–H groups in total. The predicted molar refractivity (Wildman–Crippen MR) is 71.1 cm³/mol. The largest absolute Gasteiger partial charge is 0.493 e. The second-order valence-electron chi connectivity index (χ2n) is 5.02. The van der Waals surface area contributed by atoms with Gasteiger partial charge in [0.1, 0.15) is 0 Å². The molecule has 0 radical (unpaired) electrons. The topological polar surface area (TPSA) is 38.7 Å². The maximum absolute atomic E-state index is 10.3. The van der Waals surface area contributed by atoms with Crippen LogP contribution in [0.2, 0.25) is 0 Å². The Labute approximate surface area is 109 Å². The van der Waals surface area contributed by atoms with Gasteiger partial charge >= 0.3 is 0 Å². The Bertz CT molecular complexity index is 383. The van der Waals surface area contributed by atoms with Crippen molar-refractivity contribution in [3.63, 3.8) is 0 Å². The lowest BCUT2D eigenvalue weighted by atomic mass is 9.95. The number of hydrogen-bond donors (Lipinski definition) is 1. The molecule has 0 amide bonds. The fourth-order valence-corrected chi connectivity index (χ4v) is 2.76. The number of methoxy groups -OCH3 is 2. The standard InChI is InChI=1S/C15H22O3/c1-17-14-8-7-12(10-15(14)18-2)13(16)9-11-5-3-4-6-11/h7-8,10-11,13,16H,3-6,9H2,1-2H3. The number of aliphatic hydroxyl groups excluding tert-OH is 1. The highest BCUT2D eigenvalue weighted by Crippen LogP contribution is 2.35. The van der Waals surface area contributed by atoms with Crippen molar-refractivity contribution in [2.24, 2.45) is 5.92 Å². The van der Waals surface area contributed by atoms with Gasteiger partial charge < -0.3 is 14.6 Å². The number of benzene rings is 1. The van der Waals surface area contributed by atoms with Crippen LogP contribution in [0.15, 0.2) is 18.2 Å². The zero-order chi connectivity index (χ0) is 13.0. The summed E-state index contributed by atoms with van der Waals surface area (Å²) in [4.78, 5) is 0. The van der Waals surface area contributed by atoms with Gasteiger partial charge in [-0.15, -0.1) is 0 Å². The van der Waals surface area contributed by atoms with E-state index in [0.29, 0.717) is 17.4 Å². The first-order valence-electron chi connectivity index (χ1n) is 6.64. The van der Waals surface area contributed by atoms with Crippen LogP contribution in [0.4, 0.5) is 0 Å². The SMILES string of the molecule is COc1ccc(C(O)CC2CCCC2)cc1OC. The van der Waals surface area contributed by atoms with Gasteiger partial charge in [-0.25, -0.2) is 0 Å². The molecular formula is C15H22O3. The zero-order valence-corrected chi connectivity index (χ0v) is 11.2. The van der Waals surface area contributed by atoms with Gasteiger partial charge in [-0.2, -0.15) is 0 Å². The molecule has 1 aromatic carbocycles. The zero-order valence-electron chi connectivity index (χ0n) is 11.2. The molecule has 0 aromatic heterocycles. The van der Waals surface area contributed by atoms with Crippen LogP contribution < -0.4 is 9.47 Å². The van der Waals surface area contributed by atoms with Crippen LogP contribution in [0.25, 0.3) is 0 Å². The average Bonchev–Trinajstić information content (AvgIpc) is 2.90. The third kappa shape index (κ3) is 2.96. The van der Waals surface area contributed by atoms with Crippen LogP contribution in [0.1, 0.15) is 43.8 Å². The van der Waals surface area contributed by atoms with Crippen molar-refractivity contribution in [1.29, 1.82) is 0 Å². The molecule has 0 spiro atoms. The quantitative estimate of drug-likeness (QED) is 0.871. The molecule has 3 nitrogen and oxygen atoms in total. The van der Waals surface area contributed by atoms with E-state index in [1.807, 2.05) is 18.2 Å². The molecule has 1 unspecified atom stereocenters. The van der Waals surface area contributed by atoms with Crippen molar-refractivity contribution in [3.8, 4) is 11.5 Å². The van der Waals surface area contributed by atoms with Gasteiger partial charge in [0.15, 0.2) is 11.5 Å². The van der Waals surface area contributed by atoms with E-state index >= 15 is 0 Å². The number of aliphatic hydroxyl groups is 1. The highest BCUT2D eigenvalue weighted by atomic mass is 16.5. The molecule has 1 atom stereocenters. The molecule has 0 saturated heterocycles. The van der Waals surface area contributed by atoms with E-state index in [1.54, 1.807) is 14.2 Å². The molecule has 0 bridgehead atoms. The summed E-state index contributed by atoms with van der Waals surface area (Å²) >= 11 is 0. The normalized spacial score (nSPS) is 17.7. The Morgan fingerprint density at radius 2 is 1.83 bits per heavy atom. The maximum Gasteiger partial charge on any atom is 0.161 e. The van der Waals surface area contributed by atoms with E-state index in [9.17, 15) is 5.11 Å². The molecule has 1 aromatic rings. The minimum Gasteiger partial charge on any atom is -0.493 e. The summed E-state index contributed by atoms with van der Waals surface area (Å²) in [6, 6.07) is 5.64. The van der Waals surface area contributed by atoms with E-state index in [0.717, 1.165) is 12.0 Å². The lowest BCUT2D eigenvalue weighted by Gasteiger charge is -2.17. The first-order valence-corrected chi connectivity index (χ1v) is 6.64. The van der Waals surface area contributed by atoms with Crippen LogP contribution >= 0.6 is 0 Å². The van der Waals surface area contributed by atoms with Crippen molar-refractivity contribution in [2.75, 3.05) is 14.2 Å². The first-order chi connectivity index (χ1) is 8.74. The summed E-state index contributed by atoms with van der Waals surface area (Å²) < 4.78 is 10.5. The van der Waals surface area contributed by atoms with Crippen molar-refractivity contribution in [1.82, 2.24) is 0 Å². The predicted octanol–water partition coefficient (Wildman–Crippen LogP) is 3.32. The third-order valence-corrected chi connectivity index (χ3v) is 3.82. The van der Waals surface area contributed by atoms with Gasteiger partial charge in [0.25, 0.3) is 0 Å². The van der Waals surface area contributed by atoms with Crippen LogP contribution in [-0.4, -0.2) is 19.3 Å². The Hall–Kier alpha value is -1.22. The third-order valence-electron chi connectivity index (χ3n) is 3.82. The van der Waals surface area contributed by atoms with Crippen molar-refractivity contribution in [3.05, 3.63) is 23.8 Å². The Kier molecular flexibility index (Phi) is 4.48. The molecule has 1 fully saturated rings. The van der Waals surface area contributed by atoms with Crippen LogP contribution in [0.3, 0.4) is 0 Å². The second-order valence-corrected chi connectivity index (χ2v) is 5.02. The van der Waals surface area contributed by atoms with Gasteiger partial charge in [-0.1, -0.05) is 31.7 Å². The van der Waals surface area contributed by atoms with Crippen LogP contribution in [0, 0.1) is 5.92 Å². The van der Waals surface area contributed by atoms with Crippen molar-refractivity contribution >= 4 is 0 Å². The molecule has 0 aliphatic heterocycles. The van der Waals surface area contributed by atoms with Crippen molar-refractivity contribution < 1.29 is 14.6 Å². The minimum atomic E-state index is -0.395. The molecule has 0 heterocycles. The summed E-state index contributed by atoms with van der Waals surface area (Å²) in [6.07, 6.45) is 5.59. The van der Waals surface area contributed by atoms with E-state index in [1.165, 1.54) is 25.7 Å². The van der Waals surface area contributed by atoms with Gasteiger partial charge in [-0.05, 0) is 30.0 Å².